The summed E-state index contributed by atoms with van der Waals surface area (Å²) in [5.74, 6) is 5.74. The highest BCUT2D eigenvalue weighted by Gasteiger charge is 2.15. The lowest BCUT2D eigenvalue weighted by atomic mass is 9.97. The molecule has 1 aliphatic rings. The topological polar surface area (TPSA) is 60.0 Å². The predicted molar refractivity (Wildman–Crippen MR) is 102 cm³/mol. The number of nitrogens with one attached hydrogen (secondary N) is 1. The van der Waals surface area contributed by atoms with Crippen molar-refractivity contribution >= 4 is 22.3 Å². The van der Waals surface area contributed by atoms with Gasteiger partial charge in [-0.25, -0.2) is 4.39 Å². The molecule has 0 radical (unpaired) electrons. The monoisotopic (exact) mass is 349 g/mol. The average Bonchev–Trinajstić information content (AvgIpc) is 2.99. The summed E-state index contributed by atoms with van der Waals surface area (Å²) >= 11 is 0. The van der Waals surface area contributed by atoms with Crippen LogP contribution in [0.4, 0.5) is 4.39 Å². The summed E-state index contributed by atoms with van der Waals surface area (Å²) in [6, 6.07) is 11.6. The molecule has 4 nitrogen and oxygen atoms in total. The molecule has 0 aliphatic carbocycles. The third-order valence-corrected chi connectivity index (χ3v) is 4.84. The van der Waals surface area contributed by atoms with Crippen LogP contribution in [0.5, 0.6) is 0 Å². The summed E-state index contributed by atoms with van der Waals surface area (Å²) in [6.07, 6.45) is 5.37. The maximum absolute atomic E-state index is 13.0. The molecular weight excluding hydrogens is 329 g/mol. The second kappa shape index (κ2) is 6.77. The number of benzene rings is 2. The number of aromatic nitrogens is 1. The van der Waals surface area contributed by atoms with Gasteiger partial charge < -0.3 is 11.2 Å². The van der Waals surface area contributed by atoms with Gasteiger partial charge in [-0.3, -0.25) is 9.47 Å². The molecule has 0 unspecified atom stereocenters. The average molecular weight is 349 g/mol. The second-order valence-corrected chi connectivity index (χ2v) is 6.59. The molecule has 2 heterocycles. The van der Waals surface area contributed by atoms with Gasteiger partial charge >= 0.3 is 0 Å². The summed E-state index contributed by atoms with van der Waals surface area (Å²) in [7, 11) is 0. The van der Waals surface area contributed by atoms with Crippen molar-refractivity contribution in [3.63, 3.8) is 0 Å². The first-order chi connectivity index (χ1) is 12.6. The molecule has 1 aliphatic heterocycles. The van der Waals surface area contributed by atoms with Crippen LogP contribution in [0.3, 0.4) is 0 Å². The SMILES string of the molecule is Nn1cc(C2=CCNCC2)c2cc(CC(=O)c3ccc(F)cc3)ccc21. The van der Waals surface area contributed by atoms with E-state index in [1.807, 2.05) is 24.4 Å². The maximum atomic E-state index is 13.0. The van der Waals surface area contributed by atoms with E-state index in [4.69, 9.17) is 5.84 Å². The van der Waals surface area contributed by atoms with Gasteiger partial charge in [0.15, 0.2) is 5.78 Å². The van der Waals surface area contributed by atoms with Crippen LogP contribution in [-0.4, -0.2) is 23.5 Å². The number of hydrogen-bond acceptors (Lipinski definition) is 3. The van der Waals surface area contributed by atoms with Gasteiger partial charge in [0.1, 0.15) is 5.82 Å². The Hall–Kier alpha value is -2.92. The fourth-order valence-electron chi connectivity index (χ4n) is 3.46. The van der Waals surface area contributed by atoms with Crippen molar-refractivity contribution in [1.82, 2.24) is 9.99 Å². The number of hydrogen-bond donors (Lipinski definition) is 2. The Balaban J connectivity index is 1.67. The van der Waals surface area contributed by atoms with Crippen molar-refractivity contribution in [2.75, 3.05) is 18.9 Å². The minimum atomic E-state index is -0.341. The summed E-state index contributed by atoms with van der Waals surface area (Å²) in [6.45, 7) is 1.81. The van der Waals surface area contributed by atoms with Gasteiger partial charge in [-0.05, 0) is 60.5 Å². The minimum absolute atomic E-state index is 0.0286. The van der Waals surface area contributed by atoms with E-state index in [0.717, 1.165) is 41.5 Å². The van der Waals surface area contributed by atoms with Gasteiger partial charge in [0.25, 0.3) is 0 Å². The Morgan fingerprint density at radius 3 is 2.73 bits per heavy atom. The second-order valence-electron chi connectivity index (χ2n) is 6.59. The number of rotatable bonds is 4. The molecular formula is C21H20FN3O. The van der Waals surface area contributed by atoms with Crippen LogP contribution in [0.1, 0.15) is 27.9 Å². The number of halogens is 1. The van der Waals surface area contributed by atoms with Crippen molar-refractivity contribution < 1.29 is 9.18 Å². The lowest BCUT2D eigenvalue weighted by Crippen LogP contribution is -2.20. The number of carbonyl (C=O) groups excluding carboxylic acids is 1. The first-order valence-corrected chi connectivity index (χ1v) is 8.70. The van der Waals surface area contributed by atoms with Gasteiger partial charge in [0.05, 0.1) is 5.52 Å². The van der Waals surface area contributed by atoms with E-state index >= 15 is 0 Å². The number of Topliss-reactive ketones (excluding diaryl/α,β-unsaturated/α-hetero) is 1. The number of nitrogens with zero attached hydrogens (tertiary/aromatic N) is 1. The Labute approximate surface area is 151 Å². The van der Waals surface area contributed by atoms with Crippen LogP contribution < -0.4 is 11.2 Å². The van der Waals surface area contributed by atoms with Crippen LogP contribution in [0, 0.1) is 5.82 Å². The number of nitrogens with two attached hydrogens (primary N) is 1. The van der Waals surface area contributed by atoms with E-state index in [1.165, 1.54) is 29.8 Å². The van der Waals surface area contributed by atoms with Crippen LogP contribution in [-0.2, 0) is 6.42 Å². The van der Waals surface area contributed by atoms with E-state index in [-0.39, 0.29) is 18.0 Å². The number of carbonyl (C=O) groups is 1. The Morgan fingerprint density at radius 2 is 2.00 bits per heavy atom. The molecule has 0 bridgehead atoms. The van der Waals surface area contributed by atoms with Crippen LogP contribution >= 0.6 is 0 Å². The zero-order valence-corrected chi connectivity index (χ0v) is 14.3. The van der Waals surface area contributed by atoms with Gasteiger partial charge in [-0.15, -0.1) is 0 Å². The fourth-order valence-corrected chi connectivity index (χ4v) is 3.46. The number of fused-ring (bicyclic) bond motifs is 1. The first kappa shape index (κ1) is 16.5. The van der Waals surface area contributed by atoms with Crippen LogP contribution in [0.2, 0.25) is 0 Å². The maximum Gasteiger partial charge on any atom is 0.167 e. The quantitative estimate of drug-likeness (QED) is 0.561. The highest BCUT2D eigenvalue weighted by atomic mass is 19.1. The van der Waals surface area contributed by atoms with E-state index in [2.05, 4.69) is 11.4 Å². The lowest BCUT2D eigenvalue weighted by Gasteiger charge is -2.13. The summed E-state index contributed by atoms with van der Waals surface area (Å²) < 4.78 is 14.7. The van der Waals surface area contributed by atoms with Gasteiger partial charge in [-0.1, -0.05) is 12.1 Å². The minimum Gasteiger partial charge on any atom is -0.339 e. The zero-order chi connectivity index (χ0) is 18.1. The molecule has 26 heavy (non-hydrogen) atoms. The van der Waals surface area contributed by atoms with Crippen molar-refractivity contribution in [2.45, 2.75) is 12.8 Å². The molecule has 1 aromatic heterocycles. The zero-order valence-electron chi connectivity index (χ0n) is 14.3. The lowest BCUT2D eigenvalue weighted by molar-refractivity contribution is 0.0993. The Morgan fingerprint density at radius 1 is 1.19 bits per heavy atom. The van der Waals surface area contributed by atoms with Crippen molar-refractivity contribution in [2.24, 2.45) is 0 Å². The standard InChI is InChI=1S/C21H20FN3O/c22-17-4-2-16(3-5-17)21(26)12-14-1-6-20-18(11-14)19(13-25(20)23)15-7-9-24-10-8-15/h1-7,11,13,24H,8-10,12,23H2. The van der Waals surface area contributed by atoms with Crippen LogP contribution in [0.25, 0.3) is 16.5 Å². The van der Waals surface area contributed by atoms with E-state index < -0.39 is 0 Å². The fraction of sp³-hybridized carbons (Fsp3) is 0.190. The molecule has 3 N–H and O–H groups in total. The smallest absolute Gasteiger partial charge is 0.167 e. The molecule has 0 spiro atoms. The van der Waals surface area contributed by atoms with Gasteiger partial charge in [0, 0.05) is 35.7 Å². The highest BCUT2D eigenvalue weighted by molar-refractivity contribution is 5.99. The molecule has 4 rings (SSSR count). The molecule has 0 saturated heterocycles. The molecule has 132 valence electrons. The summed E-state index contributed by atoms with van der Waals surface area (Å²) in [5, 5.41) is 4.37. The first-order valence-electron chi connectivity index (χ1n) is 8.70. The molecule has 0 fully saturated rings. The van der Waals surface area contributed by atoms with Crippen molar-refractivity contribution in [3.05, 3.63) is 77.2 Å². The molecule has 0 saturated carbocycles. The molecule has 3 aromatic rings. The van der Waals surface area contributed by atoms with Crippen molar-refractivity contribution in [3.8, 4) is 0 Å². The number of nitrogen functional groups attached to an aromatic ring is 1. The van der Waals surface area contributed by atoms with Crippen LogP contribution in [0.15, 0.2) is 54.7 Å². The third-order valence-electron chi connectivity index (χ3n) is 4.84. The van der Waals surface area contributed by atoms with Gasteiger partial charge in [-0.2, -0.15) is 0 Å². The van der Waals surface area contributed by atoms with E-state index in [1.54, 1.807) is 4.68 Å². The van der Waals surface area contributed by atoms with Crippen molar-refractivity contribution in [1.29, 1.82) is 0 Å². The predicted octanol–water partition coefficient (Wildman–Crippen LogP) is 3.30. The van der Waals surface area contributed by atoms with E-state index in [9.17, 15) is 9.18 Å². The largest absolute Gasteiger partial charge is 0.339 e. The normalized spacial score (nSPS) is 14.4. The van der Waals surface area contributed by atoms with Gasteiger partial charge in [0.2, 0.25) is 0 Å². The molecule has 5 heteroatoms. The third kappa shape index (κ3) is 3.13. The molecule has 2 aromatic carbocycles. The summed E-state index contributed by atoms with van der Waals surface area (Å²) in [5.41, 5.74) is 4.79. The highest BCUT2D eigenvalue weighted by Crippen LogP contribution is 2.30. The Bertz CT molecular complexity index is 1000. The number of ketones is 1. The molecule has 0 atom stereocenters. The molecule has 0 amide bonds. The Kier molecular flexibility index (Phi) is 4.31. The summed E-state index contributed by atoms with van der Waals surface area (Å²) in [4.78, 5) is 12.5. The van der Waals surface area contributed by atoms with E-state index in [0.29, 0.717) is 5.56 Å².